The third-order valence-corrected chi connectivity index (χ3v) is 5.19. The van der Waals surface area contributed by atoms with Crippen molar-refractivity contribution < 1.29 is 19.7 Å². The molecule has 1 saturated heterocycles. The van der Waals surface area contributed by atoms with Crippen LogP contribution < -0.4 is 22.9 Å². The standard InChI is InChI=1S/C14H30N4O4/c1-5-7(16)3-8(17)13(12(5)20)22-14-10(18)6(2)11(19)9(4-15)21-14/h5-14,19-20H,3-4,15-18H2,1-2H3. The molecule has 1 saturated carbocycles. The molecule has 1 aliphatic carbocycles. The van der Waals surface area contributed by atoms with Crippen LogP contribution in [0.5, 0.6) is 0 Å². The van der Waals surface area contributed by atoms with E-state index in [4.69, 9.17) is 32.4 Å². The Morgan fingerprint density at radius 2 is 1.68 bits per heavy atom. The summed E-state index contributed by atoms with van der Waals surface area (Å²) in [6.45, 7) is 3.86. The molecule has 0 aromatic rings. The summed E-state index contributed by atoms with van der Waals surface area (Å²) in [5.41, 5.74) is 23.8. The number of aliphatic hydroxyl groups is 2. The minimum absolute atomic E-state index is 0.127. The summed E-state index contributed by atoms with van der Waals surface area (Å²) in [5.74, 6) is -0.359. The van der Waals surface area contributed by atoms with Gasteiger partial charge in [-0.15, -0.1) is 0 Å². The van der Waals surface area contributed by atoms with Gasteiger partial charge in [-0.3, -0.25) is 0 Å². The lowest BCUT2D eigenvalue weighted by Gasteiger charge is -2.46. The van der Waals surface area contributed by atoms with Gasteiger partial charge in [0.05, 0.1) is 24.4 Å². The molecule has 1 aliphatic heterocycles. The Morgan fingerprint density at radius 1 is 1.05 bits per heavy atom. The van der Waals surface area contributed by atoms with E-state index in [1.54, 1.807) is 0 Å². The van der Waals surface area contributed by atoms with E-state index in [9.17, 15) is 10.2 Å². The van der Waals surface area contributed by atoms with Crippen LogP contribution in [-0.2, 0) is 9.47 Å². The van der Waals surface area contributed by atoms with Crippen LogP contribution in [0.2, 0.25) is 0 Å². The number of hydrogen-bond donors (Lipinski definition) is 6. The summed E-state index contributed by atoms with van der Waals surface area (Å²) in [4.78, 5) is 0. The highest BCUT2D eigenvalue weighted by Gasteiger charge is 2.46. The van der Waals surface area contributed by atoms with Crippen molar-refractivity contribution in [2.75, 3.05) is 6.54 Å². The molecule has 130 valence electrons. The molecule has 2 fully saturated rings. The number of hydrogen-bond acceptors (Lipinski definition) is 8. The molecule has 0 radical (unpaired) electrons. The van der Waals surface area contributed by atoms with E-state index < -0.39 is 42.8 Å². The zero-order valence-corrected chi connectivity index (χ0v) is 13.2. The average Bonchev–Trinajstić information content (AvgIpc) is 2.49. The largest absolute Gasteiger partial charge is 0.390 e. The maximum absolute atomic E-state index is 10.4. The van der Waals surface area contributed by atoms with Gasteiger partial charge in [0.2, 0.25) is 0 Å². The van der Waals surface area contributed by atoms with E-state index in [-0.39, 0.29) is 24.4 Å². The molecular formula is C14H30N4O4. The number of aliphatic hydroxyl groups excluding tert-OH is 2. The lowest BCUT2D eigenvalue weighted by atomic mass is 9.79. The fraction of sp³-hybridized carbons (Fsp3) is 1.00. The van der Waals surface area contributed by atoms with E-state index in [1.165, 1.54) is 0 Å². The average molecular weight is 318 g/mol. The minimum atomic E-state index is -0.784. The van der Waals surface area contributed by atoms with Crippen molar-refractivity contribution >= 4 is 0 Å². The van der Waals surface area contributed by atoms with Crippen LogP contribution in [-0.4, -0.2) is 65.6 Å². The van der Waals surface area contributed by atoms with Crippen molar-refractivity contribution in [2.45, 2.75) is 69.1 Å². The highest BCUT2D eigenvalue weighted by Crippen LogP contribution is 2.30. The highest BCUT2D eigenvalue weighted by molar-refractivity contribution is 4.97. The first-order chi connectivity index (χ1) is 10.3. The molecule has 2 rings (SSSR count). The first-order valence-electron chi connectivity index (χ1n) is 7.91. The summed E-state index contributed by atoms with van der Waals surface area (Å²) in [6, 6.07) is -1.08. The monoisotopic (exact) mass is 318 g/mol. The van der Waals surface area contributed by atoms with Crippen molar-refractivity contribution in [1.82, 2.24) is 0 Å². The molecule has 0 spiro atoms. The Balaban J connectivity index is 2.08. The van der Waals surface area contributed by atoms with Gasteiger partial charge in [0.1, 0.15) is 6.10 Å². The lowest BCUT2D eigenvalue weighted by molar-refractivity contribution is -0.275. The zero-order valence-electron chi connectivity index (χ0n) is 13.2. The van der Waals surface area contributed by atoms with Crippen LogP contribution in [0.25, 0.3) is 0 Å². The van der Waals surface area contributed by atoms with Gasteiger partial charge in [-0.1, -0.05) is 13.8 Å². The summed E-state index contributed by atoms with van der Waals surface area (Å²) in [7, 11) is 0. The van der Waals surface area contributed by atoms with Crippen molar-refractivity contribution in [3.8, 4) is 0 Å². The van der Waals surface area contributed by atoms with Gasteiger partial charge in [0.25, 0.3) is 0 Å². The van der Waals surface area contributed by atoms with Gasteiger partial charge in [-0.25, -0.2) is 0 Å². The minimum Gasteiger partial charge on any atom is -0.390 e. The van der Waals surface area contributed by atoms with Gasteiger partial charge < -0.3 is 42.6 Å². The summed E-state index contributed by atoms with van der Waals surface area (Å²) in [6.07, 6.45) is -2.88. The number of rotatable bonds is 3. The first kappa shape index (κ1) is 18.0. The van der Waals surface area contributed by atoms with Gasteiger partial charge >= 0.3 is 0 Å². The van der Waals surface area contributed by atoms with Crippen LogP contribution in [0.3, 0.4) is 0 Å². The van der Waals surface area contributed by atoms with Crippen molar-refractivity contribution in [1.29, 1.82) is 0 Å². The molecule has 0 aromatic heterocycles. The molecule has 8 heteroatoms. The molecule has 2 aliphatic rings. The second-order valence-corrected chi connectivity index (χ2v) is 6.72. The fourth-order valence-electron chi connectivity index (χ4n) is 3.28. The van der Waals surface area contributed by atoms with Gasteiger partial charge in [0.15, 0.2) is 6.29 Å². The zero-order chi connectivity index (χ0) is 16.6. The van der Waals surface area contributed by atoms with E-state index in [0.29, 0.717) is 6.42 Å². The maximum atomic E-state index is 10.4. The second-order valence-electron chi connectivity index (χ2n) is 6.72. The Kier molecular flexibility index (Phi) is 5.79. The predicted molar refractivity (Wildman–Crippen MR) is 81.5 cm³/mol. The second kappa shape index (κ2) is 7.06. The molecule has 10 N–H and O–H groups in total. The van der Waals surface area contributed by atoms with Crippen LogP contribution in [0.15, 0.2) is 0 Å². The van der Waals surface area contributed by atoms with Crippen LogP contribution in [0.4, 0.5) is 0 Å². The molecule has 10 atom stereocenters. The van der Waals surface area contributed by atoms with Crippen LogP contribution in [0, 0.1) is 11.8 Å². The van der Waals surface area contributed by atoms with Crippen LogP contribution in [0.1, 0.15) is 20.3 Å². The topological polar surface area (TPSA) is 163 Å². The molecule has 22 heavy (non-hydrogen) atoms. The Hall–Kier alpha value is -0.320. The van der Waals surface area contributed by atoms with E-state index in [2.05, 4.69) is 0 Å². The number of nitrogens with two attached hydrogens (primary N) is 4. The molecule has 10 unspecified atom stereocenters. The molecule has 0 bridgehead atoms. The van der Waals surface area contributed by atoms with E-state index in [0.717, 1.165) is 0 Å². The van der Waals surface area contributed by atoms with Crippen molar-refractivity contribution in [3.05, 3.63) is 0 Å². The smallest absolute Gasteiger partial charge is 0.174 e. The fourth-order valence-corrected chi connectivity index (χ4v) is 3.28. The maximum Gasteiger partial charge on any atom is 0.174 e. The van der Waals surface area contributed by atoms with E-state index >= 15 is 0 Å². The summed E-state index contributed by atoms with van der Waals surface area (Å²) in [5, 5.41) is 20.5. The molecule has 1 heterocycles. The Morgan fingerprint density at radius 3 is 2.27 bits per heavy atom. The third kappa shape index (κ3) is 3.29. The van der Waals surface area contributed by atoms with Gasteiger partial charge in [-0.05, 0) is 12.3 Å². The summed E-state index contributed by atoms with van der Waals surface area (Å²) >= 11 is 0. The SMILES string of the molecule is CC1C(N)C(OC2C(N)CC(N)C(C)C2O)OC(CN)C1O. The van der Waals surface area contributed by atoms with E-state index in [1.807, 2.05) is 13.8 Å². The predicted octanol–water partition coefficient (Wildman–Crippen LogP) is -2.57. The van der Waals surface area contributed by atoms with Crippen molar-refractivity contribution in [2.24, 2.45) is 34.8 Å². The Labute approximate surface area is 131 Å². The Bertz CT molecular complexity index is 373. The number of ether oxygens (including phenoxy) is 2. The first-order valence-corrected chi connectivity index (χ1v) is 7.91. The highest BCUT2D eigenvalue weighted by atomic mass is 16.7. The quantitative estimate of drug-likeness (QED) is 0.331. The third-order valence-electron chi connectivity index (χ3n) is 5.19. The molecule has 0 amide bonds. The van der Waals surface area contributed by atoms with Crippen molar-refractivity contribution in [3.63, 3.8) is 0 Å². The van der Waals surface area contributed by atoms with Gasteiger partial charge in [-0.2, -0.15) is 0 Å². The summed E-state index contributed by atoms with van der Waals surface area (Å²) < 4.78 is 11.6. The molecule has 8 nitrogen and oxygen atoms in total. The normalized spacial score (nSPS) is 53.5. The van der Waals surface area contributed by atoms with Gasteiger partial charge in [0, 0.05) is 24.5 Å². The molecular weight excluding hydrogens is 288 g/mol. The van der Waals surface area contributed by atoms with Crippen LogP contribution >= 0.6 is 0 Å². The molecule has 0 aromatic carbocycles. The lowest BCUT2D eigenvalue weighted by Crippen LogP contribution is -2.64.